The number of hydrogen-bond acceptors (Lipinski definition) is 2. The zero-order chi connectivity index (χ0) is 7.97. The van der Waals surface area contributed by atoms with E-state index in [1.807, 2.05) is 0 Å². The Hall–Kier alpha value is -0.0800. The molecule has 0 aromatic carbocycles. The number of nitrogens with one attached hydrogen (secondary N) is 1. The second-order valence-corrected chi connectivity index (χ2v) is 4.68. The quantitative estimate of drug-likeness (QED) is 0.621. The lowest BCUT2D eigenvalue weighted by Gasteiger charge is -2.31. The van der Waals surface area contributed by atoms with E-state index in [9.17, 15) is 0 Å². The van der Waals surface area contributed by atoms with Crippen LogP contribution in [0.5, 0.6) is 0 Å². The highest BCUT2D eigenvalue weighted by atomic mass is 15.2. The lowest BCUT2D eigenvalue weighted by atomic mass is 10.1. The fourth-order valence-electron chi connectivity index (χ4n) is 3.33. The van der Waals surface area contributed by atoms with Crippen LogP contribution in [0.25, 0.3) is 0 Å². The number of hydrogen-bond donors (Lipinski definition) is 1. The van der Waals surface area contributed by atoms with E-state index in [0.717, 1.165) is 18.0 Å². The van der Waals surface area contributed by atoms with Crippen LogP contribution < -0.4 is 5.32 Å². The van der Waals surface area contributed by atoms with Crippen molar-refractivity contribution in [2.24, 2.45) is 5.92 Å². The van der Waals surface area contributed by atoms with Crippen molar-refractivity contribution in [1.82, 2.24) is 10.2 Å². The van der Waals surface area contributed by atoms with Gasteiger partial charge in [-0.3, -0.25) is 4.90 Å². The Balaban J connectivity index is 1.69. The van der Waals surface area contributed by atoms with Gasteiger partial charge in [-0.25, -0.2) is 0 Å². The van der Waals surface area contributed by atoms with Gasteiger partial charge in [0.2, 0.25) is 0 Å². The third-order valence-electron chi connectivity index (χ3n) is 3.95. The molecule has 3 unspecified atom stereocenters. The second-order valence-electron chi connectivity index (χ2n) is 4.68. The number of likely N-dealkylation sites (tertiary alicyclic amines) is 1. The molecule has 3 atom stereocenters. The Labute approximate surface area is 74.3 Å². The summed E-state index contributed by atoms with van der Waals surface area (Å²) in [5, 5.41) is 3.47. The molecule has 2 saturated heterocycles. The molecule has 3 rings (SSSR count). The summed E-state index contributed by atoms with van der Waals surface area (Å²) in [4.78, 5) is 2.79. The largest absolute Gasteiger partial charge is 0.315 e. The molecular weight excluding hydrogens is 148 g/mol. The fraction of sp³-hybridized carbons (Fsp3) is 1.00. The number of nitrogens with zero attached hydrogens (tertiary/aromatic N) is 1. The standard InChI is InChI=1S/C10H18N2/c1-2-9-5-8(1)7-12(9)10-3-4-11-6-10/h8-11H,1-7H2. The van der Waals surface area contributed by atoms with E-state index in [1.54, 1.807) is 0 Å². The number of piperidine rings is 1. The average Bonchev–Trinajstić information content (AvgIpc) is 2.81. The molecule has 68 valence electrons. The summed E-state index contributed by atoms with van der Waals surface area (Å²) in [5.41, 5.74) is 0. The van der Waals surface area contributed by atoms with Crippen molar-refractivity contribution < 1.29 is 0 Å². The smallest absolute Gasteiger partial charge is 0.0235 e. The maximum atomic E-state index is 3.47. The maximum Gasteiger partial charge on any atom is 0.0235 e. The molecule has 3 aliphatic rings. The van der Waals surface area contributed by atoms with Gasteiger partial charge in [-0.2, -0.15) is 0 Å². The molecule has 3 fully saturated rings. The van der Waals surface area contributed by atoms with Crippen LogP contribution in [0.1, 0.15) is 25.7 Å². The summed E-state index contributed by atoms with van der Waals surface area (Å²) in [6.07, 6.45) is 5.90. The minimum absolute atomic E-state index is 0.889. The monoisotopic (exact) mass is 166 g/mol. The highest BCUT2D eigenvalue weighted by Gasteiger charge is 2.41. The van der Waals surface area contributed by atoms with Gasteiger partial charge in [0.25, 0.3) is 0 Å². The van der Waals surface area contributed by atoms with Crippen LogP contribution in [0.3, 0.4) is 0 Å². The molecule has 2 bridgehead atoms. The summed E-state index contributed by atoms with van der Waals surface area (Å²) in [7, 11) is 0. The van der Waals surface area contributed by atoms with Gasteiger partial charge in [0.1, 0.15) is 0 Å². The van der Waals surface area contributed by atoms with Crippen LogP contribution in [0, 0.1) is 5.92 Å². The van der Waals surface area contributed by atoms with Gasteiger partial charge in [-0.1, -0.05) is 0 Å². The Morgan fingerprint density at radius 1 is 1.08 bits per heavy atom. The van der Waals surface area contributed by atoms with Crippen molar-refractivity contribution in [2.75, 3.05) is 19.6 Å². The van der Waals surface area contributed by atoms with E-state index >= 15 is 0 Å². The number of fused-ring (bicyclic) bond motifs is 2. The molecule has 0 aromatic heterocycles. The topological polar surface area (TPSA) is 15.3 Å². The predicted molar refractivity (Wildman–Crippen MR) is 49.1 cm³/mol. The predicted octanol–water partition coefficient (Wildman–Crippen LogP) is 0.833. The zero-order valence-corrected chi connectivity index (χ0v) is 7.63. The van der Waals surface area contributed by atoms with Gasteiger partial charge in [-0.15, -0.1) is 0 Å². The maximum absolute atomic E-state index is 3.47. The molecule has 2 heterocycles. The van der Waals surface area contributed by atoms with Gasteiger partial charge >= 0.3 is 0 Å². The van der Waals surface area contributed by atoms with E-state index in [2.05, 4.69) is 10.2 Å². The first kappa shape index (κ1) is 7.34. The third-order valence-corrected chi connectivity index (χ3v) is 3.95. The van der Waals surface area contributed by atoms with E-state index in [4.69, 9.17) is 0 Å². The molecule has 2 aliphatic heterocycles. The lowest BCUT2D eigenvalue weighted by molar-refractivity contribution is 0.159. The SMILES string of the molecule is C1CC(N2CC3CCC2C3)CN1. The van der Waals surface area contributed by atoms with Crippen LogP contribution in [0.4, 0.5) is 0 Å². The Kier molecular flexibility index (Phi) is 1.66. The van der Waals surface area contributed by atoms with Gasteiger partial charge in [-0.05, 0) is 38.1 Å². The molecule has 2 nitrogen and oxygen atoms in total. The second kappa shape index (κ2) is 2.71. The van der Waals surface area contributed by atoms with Gasteiger partial charge < -0.3 is 5.32 Å². The Bertz CT molecular complexity index is 175. The summed E-state index contributed by atoms with van der Waals surface area (Å²) < 4.78 is 0. The third kappa shape index (κ3) is 1.01. The summed E-state index contributed by atoms with van der Waals surface area (Å²) >= 11 is 0. The van der Waals surface area contributed by atoms with Crippen molar-refractivity contribution in [1.29, 1.82) is 0 Å². The highest BCUT2D eigenvalue weighted by Crippen LogP contribution is 2.39. The molecule has 0 spiro atoms. The Morgan fingerprint density at radius 2 is 2.08 bits per heavy atom. The highest BCUT2D eigenvalue weighted by molar-refractivity contribution is 4.96. The molecule has 0 aromatic rings. The fourth-order valence-corrected chi connectivity index (χ4v) is 3.33. The van der Waals surface area contributed by atoms with Gasteiger partial charge in [0.05, 0.1) is 0 Å². The summed E-state index contributed by atoms with van der Waals surface area (Å²) in [6, 6.07) is 1.86. The molecule has 0 radical (unpaired) electrons. The minimum Gasteiger partial charge on any atom is -0.315 e. The van der Waals surface area contributed by atoms with Crippen molar-refractivity contribution >= 4 is 0 Å². The van der Waals surface area contributed by atoms with E-state index in [-0.39, 0.29) is 0 Å². The van der Waals surface area contributed by atoms with E-state index in [1.165, 1.54) is 45.3 Å². The first-order valence-electron chi connectivity index (χ1n) is 5.40. The molecule has 0 amide bonds. The Morgan fingerprint density at radius 3 is 2.67 bits per heavy atom. The first-order chi connectivity index (χ1) is 5.93. The van der Waals surface area contributed by atoms with Crippen molar-refractivity contribution in [3.05, 3.63) is 0 Å². The van der Waals surface area contributed by atoms with Crippen LogP contribution in [-0.4, -0.2) is 36.6 Å². The van der Waals surface area contributed by atoms with Crippen molar-refractivity contribution in [2.45, 2.75) is 37.8 Å². The number of rotatable bonds is 1. The van der Waals surface area contributed by atoms with Crippen LogP contribution >= 0.6 is 0 Å². The van der Waals surface area contributed by atoms with Gasteiger partial charge in [0, 0.05) is 25.2 Å². The lowest BCUT2D eigenvalue weighted by Crippen LogP contribution is -2.42. The van der Waals surface area contributed by atoms with Crippen LogP contribution in [-0.2, 0) is 0 Å². The summed E-state index contributed by atoms with van der Waals surface area (Å²) in [5.74, 6) is 1.07. The zero-order valence-electron chi connectivity index (χ0n) is 7.63. The molecule has 1 aliphatic carbocycles. The van der Waals surface area contributed by atoms with Crippen LogP contribution in [0.15, 0.2) is 0 Å². The van der Waals surface area contributed by atoms with Gasteiger partial charge in [0.15, 0.2) is 0 Å². The molecular formula is C10H18N2. The van der Waals surface area contributed by atoms with Crippen molar-refractivity contribution in [3.8, 4) is 0 Å². The molecule has 2 heteroatoms. The van der Waals surface area contributed by atoms with Crippen LogP contribution in [0.2, 0.25) is 0 Å². The minimum atomic E-state index is 0.889. The summed E-state index contributed by atoms with van der Waals surface area (Å²) in [6.45, 7) is 3.92. The normalized spacial score (nSPS) is 47.5. The first-order valence-corrected chi connectivity index (χ1v) is 5.40. The molecule has 12 heavy (non-hydrogen) atoms. The molecule has 1 N–H and O–H groups in total. The van der Waals surface area contributed by atoms with Crippen molar-refractivity contribution in [3.63, 3.8) is 0 Å². The molecule has 1 saturated carbocycles. The van der Waals surface area contributed by atoms with E-state index in [0.29, 0.717) is 0 Å². The average molecular weight is 166 g/mol. The van der Waals surface area contributed by atoms with E-state index < -0.39 is 0 Å².